The van der Waals surface area contributed by atoms with E-state index in [4.69, 9.17) is 4.74 Å². The van der Waals surface area contributed by atoms with Crippen LogP contribution in [0.25, 0.3) is 0 Å². The van der Waals surface area contributed by atoms with E-state index in [1.54, 1.807) is 12.3 Å². The summed E-state index contributed by atoms with van der Waals surface area (Å²) in [5, 5.41) is 5.48. The first-order chi connectivity index (χ1) is 8.29. The highest BCUT2D eigenvalue weighted by Gasteiger charge is 2.11. The predicted octanol–water partition coefficient (Wildman–Crippen LogP) is 3.06. The summed E-state index contributed by atoms with van der Waals surface area (Å²) in [6.07, 6.45) is 0. The zero-order chi connectivity index (χ0) is 12.1. The topological polar surface area (TPSA) is 51.2 Å². The number of hydrogen-bond acceptors (Lipinski definition) is 5. The number of para-hydroxylation sites is 1. The van der Waals surface area contributed by atoms with Gasteiger partial charge >= 0.3 is 5.97 Å². The Bertz CT molecular complexity index is 496. The number of carbonyl (C=O) groups is 1. The first kappa shape index (κ1) is 11.6. The fraction of sp³-hybridized carbons (Fsp3) is 0.167. The molecule has 0 aliphatic heterocycles. The molecule has 0 aliphatic carbocycles. The minimum absolute atomic E-state index is 0.343. The van der Waals surface area contributed by atoms with E-state index in [-0.39, 0.29) is 5.97 Å². The first-order valence-electron chi connectivity index (χ1n) is 5.24. The van der Waals surface area contributed by atoms with Crippen molar-refractivity contribution in [2.24, 2.45) is 0 Å². The Balaban J connectivity index is 2.06. The smallest absolute Gasteiger partial charge is 0.357 e. The number of ether oxygens (including phenoxy) is 1. The minimum atomic E-state index is -0.384. The van der Waals surface area contributed by atoms with Crippen molar-refractivity contribution < 1.29 is 9.53 Å². The molecule has 2 aromatic rings. The Hall–Kier alpha value is -1.88. The van der Waals surface area contributed by atoms with E-state index in [1.165, 1.54) is 11.3 Å². The third-order valence-electron chi connectivity index (χ3n) is 2.01. The second-order valence-electron chi connectivity index (χ2n) is 3.25. The minimum Gasteiger partial charge on any atom is -0.461 e. The van der Waals surface area contributed by atoms with E-state index in [1.807, 2.05) is 30.3 Å². The standard InChI is InChI=1S/C12H12N2O2S/c1-2-16-11(15)10-8-17-12(14-10)13-9-6-4-3-5-7-9/h3-8H,2H2,1H3,(H,13,14). The molecule has 5 heteroatoms. The molecule has 0 spiro atoms. The van der Waals surface area contributed by atoms with Gasteiger partial charge in [-0.05, 0) is 19.1 Å². The lowest BCUT2D eigenvalue weighted by molar-refractivity contribution is 0.0520. The lowest BCUT2D eigenvalue weighted by Crippen LogP contribution is -2.04. The summed E-state index contributed by atoms with van der Waals surface area (Å²) < 4.78 is 4.87. The highest BCUT2D eigenvalue weighted by molar-refractivity contribution is 7.14. The average Bonchev–Trinajstić information content (AvgIpc) is 2.79. The quantitative estimate of drug-likeness (QED) is 0.845. The monoisotopic (exact) mass is 248 g/mol. The van der Waals surface area contributed by atoms with Crippen molar-refractivity contribution in [1.82, 2.24) is 4.98 Å². The molecular weight excluding hydrogens is 236 g/mol. The summed E-state index contributed by atoms with van der Waals surface area (Å²) in [7, 11) is 0. The number of hydrogen-bond donors (Lipinski definition) is 1. The molecule has 88 valence electrons. The maximum atomic E-state index is 11.4. The van der Waals surface area contributed by atoms with Crippen LogP contribution in [-0.4, -0.2) is 17.6 Å². The number of aromatic nitrogens is 1. The van der Waals surface area contributed by atoms with Crippen LogP contribution in [-0.2, 0) is 4.74 Å². The van der Waals surface area contributed by atoms with Crippen molar-refractivity contribution in [3.05, 3.63) is 41.4 Å². The Morgan fingerprint density at radius 1 is 1.41 bits per heavy atom. The lowest BCUT2D eigenvalue weighted by atomic mass is 10.3. The van der Waals surface area contributed by atoms with Crippen LogP contribution in [0.5, 0.6) is 0 Å². The van der Waals surface area contributed by atoms with Crippen molar-refractivity contribution in [3.63, 3.8) is 0 Å². The van der Waals surface area contributed by atoms with E-state index in [9.17, 15) is 4.79 Å². The molecule has 0 unspecified atom stereocenters. The lowest BCUT2D eigenvalue weighted by Gasteiger charge is -2.00. The number of carbonyl (C=O) groups excluding carboxylic acids is 1. The number of benzene rings is 1. The van der Waals surface area contributed by atoms with Gasteiger partial charge in [0.1, 0.15) is 0 Å². The van der Waals surface area contributed by atoms with Gasteiger partial charge in [-0.15, -0.1) is 11.3 Å². The molecule has 0 atom stereocenters. The summed E-state index contributed by atoms with van der Waals surface area (Å²) in [4.78, 5) is 15.6. The fourth-order valence-electron chi connectivity index (χ4n) is 1.27. The third kappa shape index (κ3) is 3.04. The largest absolute Gasteiger partial charge is 0.461 e. The van der Waals surface area contributed by atoms with Crippen LogP contribution in [0.3, 0.4) is 0 Å². The first-order valence-corrected chi connectivity index (χ1v) is 6.12. The molecule has 0 fully saturated rings. The zero-order valence-electron chi connectivity index (χ0n) is 9.34. The molecule has 17 heavy (non-hydrogen) atoms. The summed E-state index contributed by atoms with van der Waals surface area (Å²) in [5.41, 5.74) is 1.28. The summed E-state index contributed by atoms with van der Waals surface area (Å²) >= 11 is 1.38. The van der Waals surface area contributed by atoms with E-state index in [0.717, 1.165) is 5.69 Å². The van der Waals surface area contributed by atoms with Crippen molar-refractivity contribution in [2.75, 3.05) is 11.9 Å². The second kappa shape index (κ2) is 5.45. The van der Waals surface area contributed by atoms with Gasteiger partial charge in [0.25, 0.3) is 0 Å². The second-order valence-corrected chi connectivity index (χ2v) is 4.11. The van der Waals surface area contributed by atoms with E-state index in [0.29, 0.717) is 17.4 Å². The molecular formula is C12H12N2O2S. The van der Waals surface area contributed by atoms with Gasteiger partial charge in [0.15, 0.2) is 10.8 Å². The molecule has 1 heterocycles. The molecule has 1 N–H and O–H groups in total. The van der Waals surface area contributed by atoms with Gasteiger partial charge < -0.3 is 10.1 Å². The van der Waals surface area contributed by atoms with Gasteiger partial charge in [0.2, 0.25) is 0 Å². The average molecular weight is 248 g/mol. The van der Waals surface area contributed by atoms with E-state index < -0.39 is 0 Å². The van der Waals surface area contributed by atoms with Crippen LogP contribution in [0.4, 0.5) is 10.8 Å². The summed E-state index contributed by atoms with van der Waals surface area (Å²) in [6.45, 7) is 2.13. The Kier molecular flexibility index (Phi) is 3.72. The highest BCUT2D eigenvalue weighted by Crippen LogP contribution is 2.20. The number of rotatable bonds is 4. The fourth-order valence-corrected chi connectivity index (χ4v) is 1.97. The molecule has 0 saturated heterocycles. The zero-order valence-corrected chi connectivity index (χ0v) is 10.2. The van der Waals surface area contributed by atoms with Gasteiger partial charge in [-0.1, -0.05) is 18.2 Å². The SMILES string of the molecule is CCOC(=O)c1csc(Nc2ccccc2)n1. The van der Waals surface area contributed by atoms with Crippen molar-refractivity contribution in [3.8, 4) is 0 Å². The van der Waals surface area contributed by atoms with Crippen LogP contribution in [0.15, 0.2) is 35.7 Å². The summed E-state index contributed by atoms with van der Waals surface area (Å²) in [5.74, 6) is -0.384. The van der Waals surface area contributed by atoms with E-state index >= 15 is 0 Å². The van der Waals surface area contributed by atoms with Crippen LogP contribution >= 0.6 is 11.3 Å². The normalized spacial score (nSPS) is 9.94. The number of anilines is 2. The van der Waals surface area contributed by atoms with E-state index in [2.05, 4.69) is 10.3 Å². The van der Waals surface area contributed by atoms with Gasteiger partial charge in [0, 0.05) is 11.1 Å². The number of nitrogens with zero attached hydrogens (tertiary/aromatic N) is 1. The molecule has 4 nitrogen and oxygen atoms in total. The Morgan fingerprint density at radius 3 is 2.88 bits per heavy atom. The van der Waals surface area contributed by atoms with Gasteiger partial charge in [0.05, 0.1) is 6.61 Å². The molecule has 1 aromatic carbocycles. The predicted molar refractivity (Wildman–Crippen MR) is 67.8 cm³/mol. The van der Waals surface area contributed by atoms with Crippen LogP contribution in [0.2, 0.25) is 0 Å². The van der Waals surface area contributed by atoms with Crippen LogP contribution < -0.4 is 5.32 Å². The van der Waals surface area contributed by atoms with Crippen molar-refractivity contribution >= 4 is 28.1 Å². The van der Waals surface area contributed by atoms with Crippen molar-refractivity contribution in [1.29, 1.82) is 0 Å². The Labute approximate surface area is 103 Å². The van der Waals surface area contributed by atoms with Gasteiger partial charge in [-0.25, -0.2) is 9.78 Å². The van der Waals surface area contributed by atoms with Gasteiger partial charge in [-0.3, -0.25) is 0 Å². The van der Waals surface area contributed by atoms with Crippen LogP contribution in [0, 0.1) is 0 Å². The highest BCUT2D eigenvalue weighted by atomic mass is 32.1. The molecule has 1 aromatic heterocycles. The number of esters is 1. The van der Waals surface area contributed by atoms with Crippen molar-refractivity contribution in [2.45, 2.75) is 6.92 Å². The maximum absolute atomic E-state index is 11.4. The Morgan fingerprint density at radius 2 is 2.18 bits per heavy atom. The molecule has 0 radical (unpaired) electrons. The number of thiazole rings is 1. The third-order valence-corrected chi connectivity index (χ3v) is 2.77. The summed E-state index contributed by atoms with van der Waals surface area (Å²) in [6, 6.07) is 9.68. The molecule has 0 amide bonds. The maximum Gasteiger partial charge on any atom is 0.357 e. The van der Waals surface area contributed by atoms with Crippen LogP contribution in [0.1, 0.15) is 17.4 Å². The molecule has 0 saturated carbocycles. The number of nitrogens with one attached hydrogen (secondary N) is 1. The molecule has 0 bridgehead atoms. The van der Waals surface area contributed by atoms with Gasteiger partial charge in [-0.2, -0.15) is 0 Å². The molecule has 2 rings (SSSR count). The molecule has 0 aliphatic rings.